The van der Waals surface area contributed by atoms with E-state index in [1.165, 1.54) is 23.1 Å². The zero-order valence-corrected chi connectivity index (χ0v) is 18.8. The zero-order chi connectivity index (χ0) is 21.2. The maximum absolute atomic E-state index is 6.49. The molecule has 0 N–H and O–H groups in total. The molecular weight excluding hydrogens is 390 g/mol. The fourth-order valence-electron chi connectivity index (χ4n) is 6.83. The van der Waals surface area contributed by atoms with E-state index in [-0.39, 0.29) is 5.92 Å². The summed E-state index contributed by atoms with van der Waals surface area (Å²) in [5.41, 5.74) is 3.69. The quantitative estimate of drug-likeness (QED) is 0.619. The van der Waals surface area contributed by atoms with Crippen molar-refractivity contribution in [1.82, 2.24) is 0 Å². The van der Waals surface area contributed by atoms with Crippen LogP contribution in [0.15, 0.2) is 35.3 Å². The fraction of sp³-hybridized carbons (Fsp3) is 0.654. The number of ether oxygens (including phenoxy) is 2. The fourth-order valence-corrected chi connectivity index (χ4v) is 6.83. The number of aliphatic imine (C=N–C) groups is 1. The highest BCUT2D eigenvalue weighted by Crippen LogP contribution is 2.59. The van der Waals surface area contributed by atoms with E-state index in [0.29, 0.717) is 17.8 Å². The molecule has 0 radical (unpaired) electrons. The Bertz CT molecular complexity index is 941. The Labute approximate surface area is 184 Å². The molecule has 1 aromatic rings. The van der Waals surface area contributed by atoms with E-state index < -0.39 is 17.7 Å². The van der Waals surface area contributed by atoms with Crippen molar-refractivity contribution in [3.8, 4) is 0 Å². The van der Waals surface area contributed by atoms with Crippen LogP contribution in [0.1, 0.15) is 64.0 Å². The van der Waals surface area contributed by atoms with E-state index in [9.17, 15) is 0 Å². The van der Waals surface area contributed by atoms with Crippen LogP contribution in [0.4, 0.5) is 0 Å². The van der Waals surface area contributed by atoms with Gasteiger partial charge in [-0.15, -0.1) is 0 Å². The topological polar surface area (TPSA) is 49.3 Å². The predicted octanol–water partition coefficient (Wildman–Crippen LogP) is 5.30. The second-order valence-corrected chi connectivity index (χ2v) is 10.4. The van der Waals surface area contributed by atoms with Crippen molar-refractivity contribution in [1.29, 1.82) is 0 Å². The van der Waals surface area contributed by atoms with Crippen LogP contribution in [0, 0.1) is 23.7 Å². The summed E-state index contributed by atoms with van der Waals surface area (Å²) >= 11 is 0. The van der Waals surface area contributed by atoms with Crippen LogP contribution in [-0.2, 0) is 25.7 Å². The minimum Gasteiger partial charge on any atom is -0.448 e. The molecule has 5 fully saturated rings. The van der Waals surface area contributed by atoms with E-state index in [2.05, 4.69) is 44.2 Å². The van der Waals surface area contributed by atoms with E-state index in [0.717, 1.165) is 44.5 Å². The summed E-state index contributed by atoms with van der Waals surface area (Å²) in [6.45, 7) is 7.30. The van der Waals surface area contributed by atoms with Crippen LogP contribution in [0.2, 0.25) is 0 Å². The smallest absolute Gasteiger partial charge is 0.237 e. The predicted molar refractivity (Wildman–Crippen MR) is 118 cm³/mol. The lowest BCUT2D eigenvalue weighted by Crippen LogP contribution is -2.69. The van der Waals surface area contributed by atoms with Gasteiger partial charge in [-0.05, 0) is 61.6 Å². The third-order valence-corrected chi connectivity index (χ3v) is 8.58. The average molecular weight is 424 g/mol. The van der Waals surface area contributed by atoms with Gasteiger partial charge in [0.15, 0.2) is 11.5 Å². The van der Waals surface area contributed by atoms with Gasteiger partial charge in [0.05, 0.1) is 0 Å². The molecule has 5 heteroatoms. The van der Waals surface area contributed by atoms with Crippen LogP contribution < -0.4 is 0 Å². The summed E-state index contributed by atoms with van der Waals surface area (Å²) in [6.07, 6.45) is 8.08. The van der Waals surface area contributed by atoms with Gasteiger partial charge in [0.25, 0.3) is 0 Å². The van der Waals surface area contributed by atoms with Crippen molar-refractivity contribution in [2.75, 3.05) is 6.54 Å². The van der Waals surface area contributed by atoms with Crippen molar-refractivity contribution in [2.24, 2.45) is 28.7 Å². The lowest BCUT2D eigenvalue weighted by Gasteiger charge is -2.58. The first-order valence-corrected chi connectivity index (χ1v) is 12.0. The highest BCUT2D eigenvalue weighted by Gasteiger charge is 2.69. The van der Waals surface area contributed by atoms with Crippen LogP contribution in [0.3, 0.4) is 0 Å². The second kappa shape index (κ2) is 7.16. The number of hydrogen-bond donors (Lipinski definition) is 0. The Kier molecular flexibility index (Phi) is 4.61. The Hall–Kier alpha value is -1.69. The lowest BCUT2D eigenvalue weighted by atomic mass is 9.58. The number of rotatable bonds is 3. The summed E-state index contributed by atoms with van der Waals surface area (Å²) in [4.78, 5) is 17.1. The SMILES string of the molecule is CC1CCC2C(C)C(=NCCC3=CCc4ccccc43)OC3OC4(C)CCC1C32OO4. The van der Waals surface area contributed by atoms with Gasteiger partial charge in [0.2, 0.25) is 12.1 Å². The van der Waals surface area contributed by atoms with E-state index in [4.69, 9.17) is 24.2 Å². The normalized spacial score (nSPS) is 44.3. The molecule has 4 heterocycles. The van der Waals surface area contributed by atoms with Crippen LogP contribution in [-0.4, -0.2) is 30.1 Å². The molecule has 0 aromatic heterocycles. The third kappa shape index (κ3) is 2.96. The number of benzene rings is 1. The summed E-state index contributed by atoms with van der Waals surface area (Å²) in [7, 11) is 0. The first-order chi connectivity index (χ1) is 15.0. The molecule has 7 atom stereocenters. The Morgan fingerprint density at radius 2 is 1.94 bits per heavy atom. The van der Waals surface area contributed by atoms with Gasteiger partial charge in [0.1, 0.15) is 0 Å². The van der Waals surface area contributed by atoms with Gasteiger partial charge < -0.3 is 9.47 Å². The van der Waals surface area contributed by atoms with Gasteiger partial charge in [-0.25, -0.2) is 9.78 Å². The first kappa shape index (κ1) is 20.0. The summed E-state index contributed by atoms with van der Waals surface area (Å²) in [6, 6.07) is 8.69. The van der Waals surface area contributed by atoms with Gasteiger partial charge in [-0.1, -0.05) is 44.2 Å². The number of nitrogens with zero attached hydrogens (tertiary/aromatic N) is 1. The molecule has 1 aromatic carbocycles. The van der Waals surface area contributed by atoms with Crippen molar-refractivity contribution >= 4 is 11.5 Å². The molecule has 1 saturated carbocycles. The highest BCUT2D eigenvalue weighted by atomic mass is 17.3. The lowest BCUT2D eigenvalue weighted by molar-refractivity contribution is -0.557. The molecular formula is C26H33NO4. The highest BCUT2D eigenvalue weighted by molar-refractivity contribution is 5.80. The van der Waals surface area contributed by atoms with Gasteiger partial charge in [-0.3, -0.25) is 4.99 Å². The Morgan fingerprint density at radius 1 is 1.06 bits per heavy atom. The largest absolute Gasteiger partial charge is 0.448 e. The minimum atomic E-state index is -0.735. The van der Waals surface area contributed by atoms with E-state index in [1.54, 1.807) is 0 Å². The average Bonchev–Trinajstić information content (AvgIpc) is 3.04. The molecule has 7 rings (SSSR count). The molecule has 7 unspecified atom stereocenters. The molecule has 4 saturated heterocycles. The molecule has 0 amide bonds. The van der Waals surface area contributed by atoms with Crippen LogP contribution in [0.25, 0.3) is 5.57 Å². The molecule has 5 nitrogen and oxygen atoms in total. The molecule has 4 aliphatic heterocycles. The number of fused-ring (bicyclic) bond motifs is 3. The monoisotopic (exact) mass is 423 g/mol. The van der Waals surface area contributed by atoms with Crippen molar-refractivity contribution in [3.05, 3.63) is 41.5 Å². The van der Waals surface area contributed by atoms with Crippen molar-refractivity contribution in [3.63, 3.8) is 0 Å². The molecule has 6 aliphatic rings. The summed E-state index contributed by atoms with van der Waals surface area (Å²) < 4.78 is 12.9. The van der Waals surface area contributed by atoms with Gasteiger partial charge in [0, 0.05) is 30.7 Å². The molecule has 1 spiro atoms. The molecule has 166 valence electrons. The molecule has 31 heavy (non-hydrogen) atoms. The molecule has 2 bridgehead atoms. The van der Waals surface area contributed by atoms with Crippen molar-refractivity contribution in [2.45, 2.75) is 77.0 Å². The molecule has 2 aliphatic carbocycles. The maximum atomic E-state index is 6.49. The van der Waals surface area contributed by atoms with Crippen molar-refractivity contribution < 1.29 is 19.2 Å². The Morgan fingerprint density at radius 3 is 2.84 bits per heavy atom. The first-order valence-electron chi connectivity index (χ1n) is 12.0. The summed E-state index contributed by atoms with van der Waals surface area (Å²) in [5, 5.41) is 0. The van der Waals surface area contributed by atoms with E-state index >= 15 is 0 Å². The minimum absolute atomic E-state index is 0.200. The van der Waals surface area contributed by atoms with Crippen LogP contribution in [0.5, 0.6) is 0 Å². The van der Waals surface area contributed by atoms with E-state index in [1.807, 2.05) is 6.92 Å². The second-order valence-electron chi connectivity index (χ2n) is 10.4. The maximum Gasteiger partial charge on any atom is 0.237 e. The van der Waals surface area contributed by atoms with Gasteiger partial charge >= 0.3 is 0 Å². The number of allylic oxidation sites excluding steroid dienone is 1. The third-order valence-electron chi connectivity index (χ3n) is 8.58. The zero-order valence-electron chi connectivity index (χ0n) is 18.8. The Balaban J connectivity index is 1.25. The van der Waals surface area contributed by atoms with Gasteiger partial charge in [-0.2, -0.15) is 0 Å². The van der Waals surface area contributed by atoms with Crippen LogP contribution >= 0.6 is 0 Å². The standard InChI is InChI=1S/C26H33NO4/c1-16-8-11-22-17(2)23(27-15-13-19-10-9-18-6-4-5-7-20(18)19)28-24-26(22)21(16)12-14-25(3,29-24)30-31-26/h4-7,10,16-17,21-22,24H,8-9,11-15H2,1-3H3. The summed E-state index contributed by atoms with van der Waals surface area (Å²) in [5.74, 6) is 1.58. The number of hydrogen-bond acceptors (Lipinski definition) is 5.